The third kappa shape index (κ3) is 4.09. The molecule has 0 aliphatic carbocycles. The summed E-state index contributed by atoms with van der Waals surface area (Å²) in [6, 6.07) is 9.91. The summed E-state index contributed by atoms with van der Waals surface area (Å²) in [6.07, 6.45) is 4.68. The maximum Gasteiger partial charge on any atom is 0.0417 e. The highest BCUT2D eigenvalue weighted by atomic mass is 79.9. The fourth-order valence-electron chi connectivity index (χ4n) is 1.67. The number of hydrogen-bond acceptors (Lipinski definition) is 2. The van der Waals surface area contributed by atoms with Crippen molar-refractivity contribution in [3.05, 3.63) is 63.3 Å². The number of halogens is 2. The van der Waals surface area contributed by atoms with Crippen molar-refractivity contribution in [3.8, 4) is 0 Å². The molecular formula is C14H14BrClN2. The number of rotatable bonds is 5. The predicted octanol–water partition coefficient (Wildman–Crippen LogP) is 3.83. The first-order valence-electron chi connectivity index (χ1n) is 5.79. The summed E-state index contributed by atoms with van der Waals surface area (Å²) in [6.45, 7) is 1.76. The molecule has 2 aromatic rings. The van der Waals surface area contributed by atoms with E-state index in [4.69, 9.17) is 11.6 Å². The molecule has 1 heterocycles. The van der Waals surface area contributed by atoms with Crippen LogP contribution in [0.2, 0.25) is 5.02 Å². The molecule has 0 amide bonds. The molecule has 2 rings (SSSR count). The Morgan fingerprint density at radius 1 is 1.28 bits per heavy atom. The Morgan fingerprint density at radius 2 is 2.17 bits per heavy atom. The Bertz CT molecular complexity index is 502. The van der Waals surface area contributed by atoms with Gasteiger partial charge in [0.25, 0.3) is 0 Å². The van der Waals surface area contributed by atoms with Gasteiger partial charge in [0.15, 0.2) is 0 Å². The van der Waals surface area contributed by atoms with Crippen molar-refractivity contribution in [1.82, 2.24) is 10.3 Å². The number of pyridine rings is 1. The van der Waals surface area contributed by atoms with Crippen LogP contribution in [0, 0.1) is 0 Å². The molecule has 18 heavy (non-hydrogen) atoms. The maximum absolute atomic E-state index is 5.90. The Labute approximate surface area is 121 Å². The highest BCUT2D eigenvalue weighted by Gasteiger charge is 2.00. The van der Waals surface area contributed by atoms with Crippen LogP contribution in [0.5, 0.6) is 0 Å². The van der Waals surface area contributed by atoms with E-state index in [0.29, 0.717) is 0 Å². The first-order chi connectivity index (χ1) is 8.75. The summed E-state index contributed by atoms with van der Waals surface area (Å²) in [7, 11) is 0. The zero-order chi connectivity index (χ0) is 12.8. The summed E-state index contributed by atoms with van der Waals surface area (Å²) < 4.78 is 1.05. The van der Waals surface area contributed by atoms with E-state index in [1.807, 2.05) is 30.5 Å². The van der Waals surface area contributed by atoms with E-state index >= 15 is 0 Å². The molecule has 0 aliphatic heterocycles. The number of nitrogens with one attached hydrogen (secondary N) is 1. The van der Waals surface area contributed by atoms with Crippen molar-refractivity contribution in [2.45, 2.75) is 13.0 Å². The largest absolute Gasteiger partial charge is 0.312 e. The van der Waals surface area contributed by atoms with Crippen LogP contribution < -0.4 is 5.32 Å². The van der Waals surface area contributed by atoms with Gasteiger partial charge >= 0.3 is 0 Å². The van der Waals surface area contributed by atoms with Gasteiger partial charge in [-0.15, -0.1) is 0 Å². The first kappa shape index (κ1) is 13.5. The van der Waals surface area contributed by atoms with Gasteiger partial charge in [-0.2, -0.15) is 0 Å². The number of hydrogen-bond donors (Lipinski definition) is 1. The molecule has 1 aromatic heterocycles. The maximum atomic E-state index is 5.90. The molecule has 1 aromatic carbocycles. The monoisotopic (exact) mass is 324 g/mol. The van der Waals surface area contributed by atoms with Crippen molar-refractivity contribution in [1.29, 1.82) is 0 Å². The second-order valence-electron chi connectivity index (χ2n) is 4.02. The van der Waals surface area contributed by atoms with Crippen LogP contribution in [0.3, 0.4) is 0 Å². The Kier molecular flexibility index (Phi) is 5.17. The molecule has 1 N–H and O–H groups in total. The minimum atomic E-state index is 0.751. The Hall–Kier alpha value is -0.900. The zero-order valence-electron chi connectivity index (χ0n) is 9.87. The molecule has 94 valence electrons. The van der Waals surface area contributed by atoms with Gasteiger partial charge in [-0.3, -0.25) is 4.98 Å². The number of aromatic nitrogens is 1. The second kappa shape index (κ2) is 6.88. The third-order valence-electron chi connectivity index (χ3n) is 2.64. The van der Waals surface area contributed by atoms with E-state index in [1.54, 1.807) is 6.20 Å². The molecule has 4 heteroatoms. The average molecular weight is 326 g/mol. The van der Waals surface area contributed by atoms with Crippen LogP contribution in [-0.2, 0) is 13.0 Å². The molecule has 0 spiro atoms. The van der Waals surface area contributed by atoms with E-state index in [-0.39, 0.29) is 0 Å². The van der Waals surface area contributed by atoms with Crippen LogP contribution >= 0.6 is 27.5 Å². The van der Waals surface area contributed by atoms with Crippen molar-refractivity contribution >= 4 is 27.5 Å². The molecule has 0 saturated heterocycles. The minimum Gasteiger partial charge on any atom is -0.312 e. The third-order valence-corrected chi connectivity index (χ3v) is 3.62. The highest BCUT2D eigenvalue weighted by Crippen LogP contribution is 2.21. The van der Waals surface area contributed by atoms with Gasteiger partial charge < -0.3 is 5.32 Å². The summed E-state index contributed by atoms with van der Waals surface area (Å²) in [5.41, 5.74) is 2.46. The quantitative estimate of drug-likeness (QED) is 0.845. The zero-order valence-corrected chi connectivity index (χ0v) is 12.2. The second-order valence-corrected chi connectivity index (χ2v) is 5.31. The molecule has 0 fully saturated rings. The first-order valence-corrected chi connectivity index (χ1v) is 6.96. The summed E-state index contributed by atoms with van der Waals surface area (Å²) in [4.78, 5) is 4.10. The summed E-state index contributed by atoms with van der Waals surface area (Å²) >= 11 is 9.41. The van der Waals surface area contributed by atoms with Crippen molar-refractivity contribution < 1.29 is 0 Å². The minimum absolute atomic E-state index is 0.751. The molecule has 0 radical (unpaired) electrons. The van der Waals surface area contributed by atoms with Crippen LogP contribution in [-0.4, -0.2) is 11.5 Å². The van der Waals surface area contributed by atoms with Crippen molar-refractivity contribution in [3.63, 3.8) is 0 Å². The van der Waals surface area contributed by atoms with Gasteiger partial charge in [-0.25, -0.2) is 0 Å². The Balaban J connectivity index is 1.79. The topological polar surface area (TPSA) is 24.9 Å². The van der Waals surface area contributed by atoms with Gasteiger partial charge in [0.05, 0.1) is 0 Å². The normalized spacial score (nSPS) is 10.6. The lowest BCUT2D eigenvalue weighted by atomic mass is 10.2. The lowest BCUT2D eigenvalue weighted by Crippen LogP contribution is -2.17. The molecule has 0 bridgehead atoms. The lowest BCUT2D eigenvalue weighted by Gasteiger charge is -2.07. The van der Waals surface area contributed by atoms with Gasteiger partial charge in [0, 0.05) is 28.4 Å². The molecule has 0 saturated carbocycles. The van der Waals surface area contributed by atoms with Gasteiger partial charge in [0.2, 0.25) is 0 Å². The fraction of sp³-hybridized carbons (Fsp3) is 0.214. The average Bonchev–Trinajstić information content (AvgIpc) is 2.38. The molecule has 0 aliphatic rings. The SMILES string of the molecule is Clc1ccc(CNCCc2cccnc2)c(Br)c1. The number of benzene rings is 1. The van der Waals surface area contributed by atoms with Crippen molar-refractivity contribution in [2.24, 2.45) is 0 Å². The standard InChI is InChI=1S/C14H14BrClN2/c15-14-8-13(16)4-3-12(14)10-18-7-5-11-2-1-6-17-9-11/h1-4,6,8-9,18H,5,7,10H2. The van der Waals surface area contributed by atoms with Crippen molar-refractivity contribution in [2.75, 3.05) is 6.54 Å². The number of nitrogens with zero attached hydrogens (tertiary/aromatic N) is 1. The van der Waals surface area contributed by atoms with Crippen LogP contribution in [0.1, 0.15) is 11.1 Å². The van der Waals surface area contributed by atoms with E-state index in [2.05, 4.69) is 32.3 Å². The smallest absolute Gasteiger partial charge is 0.0417 e. The Morgan fingerprint density at radius 3 is 2.89 bits per heavy atom. The van der Waals surface area contributed by atoms with E-state index in [9.17, 15) is 0 Å². The van der Waals surface area contributed by atoms with Crippen LogP contribution in [0.25, 0.3) is 0 Å². The van der Waals surface area contributed by atoms with Gasteiger partial charge in [-0.05, 0) is 42.3 Å². The molecular weight excluding hydrogens is 312 g/mol. The summed E-state index contributed by atoms with van der Waals surface area (Å²) in [5, 5.41) is 4.16. The predicted molar refractivity (Wildman–Crippen MR) is 78.8 cm³/mol. The van der Waals surface area contributed by atoms with Crippen LogP contribution in [0.15, 0.2) is 47.2 Å². The molecule has 0 atom stereocenters. The van der Waals surface area contributed by atoms with Crippen LogP contribution in [0.4, 0.5) is 0 Å². The lowest BCUT2D eigenvalue weighted by molar-refractivity contribution is 0.684. The van der Waals surface area contributed by atoms with E-state index in [1.165, 1.54) is 11.1 Å². The summed E-state index contributed by atoms with van der Waals surface area (Å²) in [5.74, 6) is 0. The van der Waals surface area contributed by atoms with E-state index < -0.39 is 0 Å². The molecule has 2 nitrogen and oxygen atoms in total. The van der Waals surface area contributed by atoms with E-state index in [0.717, 1.165) is 29.0 Å². The molecule has 0 unspecified atom stereocenters. The van der Waals surface area contributed by atoms with Gasteiger partial charge in [0.1, 0.15) is 0 Å². The fourth-order valence-corrected chi connectivity index (χ4v) is 2.49. The highest BCUT2D eigenvalue weighted by molar-refractivity contribution is 9.10. The van der Waals surface area contributed by atoms with Gasteiger partial charge in [-0.1, -0.05) is 39.7 Å².